The number of nitrogens with zero attached hydrogens (tertiary/aromatic N) is 1. The Morgan fingerprint density at radius 1 is 1.23 bits per heavy atom. The Hall–Kier alpha value is -1.51. The number of hydrogen-bond acceptors (Lipinski definition) is 4. The molecule has 1 saturated heterocycles. The summed E-state index contributed by atoms with van der Waals surface area (Å²) in [5.74, 6) is -0.413. The highest BCUT2D eigenvalue weighted by molar-refractivity contribution is 5.85. The summed E-state index contributed by atoms with van der Waals surface area (Å²) in [7, 11) is 0. The minimum Gasteiger partial charge on any atom is -0.406 e. The van der Waals surface area contributed by atoms with Gasteiger partial charge in [-0.25, -0.2) is 0 Å². The zero-order valence-corrected chi connectivity index (χ0v) is 15.3. The number of nitrogens with one attached hydrogen (secondary N) is 2. The second-order valence-corrected chi connectivity index (χ2v) is 5.95. The van der Waals surface area contributed by atoms with Crippen molar-refractivity contribution in [2.45, 2.75) is 25.6 Å². The number of aryl methyl sites for hydroxylation is 1. The molecule has 1 aliphatic rings. The summed E-state index contributed by atoms with van der Waals surface area (Å²) in [6.45, 7) is 5.53. The Morgan fingerprint density at radius 3 is 2.62 bits per heavy atom. The van der Waals surface area contributed by atoms with E-state index in [4.69, 9.17) is 0 Å². The van der Waals surface area contributed by atoms with Crippen LogP contribution in [0.2, 0.25) is 0 Å². The maximum absolute atomic E-state index is 12.4. The van der Waals surface area contributed by atoms with Gasteiger partial charge in [0, 0.05) is 39.1 Å². The number of amides is 1. The molecule has 1 amide bonds. The number of carbonyl (C=O) groups excluding carboxylic acids is 1. The molecular weight excluding hydrogens is 371 g/mol. The third-order valence-electron chi connectivity index (χ3n) is 4.00. The highest BCUT2D eigenvalue weighted by Crippen LogP contribution is 2.26. The molecule has 0 atom stereocenters. The SMILES string of the molecule is Cl.O=C(CCc1ccccc1OC(F)(F)F)NCCCN1CCNCC1. The van der Waals surface area contributed by atoms with E-state index in [1.54, 1.807) is 12.1 Å². The lowest BCUT2D eigenvalue weighted by atomic mass is 10.1. The number of hydrogen-bond donors (Lipinski definition) is 2. The number of ether oxygens (including phenoxy) is 1. The monoisotopic (exact) mass is 395 g/mol. The lowest BCUT2D eigenvalue weighted by molar-refractivity contribution is -0.274. The first-order valence-electron chi connectivity index (χ1n) is 8.47. The molecule has 0 aromatic heterocycles. The van der Waals surface area contributed by atoms with Gasteiger partial charge in [0.1, 0.15) is 5.75 Å². The maximum atomic E-state index is 12.4. The fourth-order valence-electron chi connectivity index (χ4n) is 2.74. The van der Waals surface area contributed by atoms with Crippen molar-refractivity contribution < 1.29 is 22.7 Å². The fraction of sp³-hybridized carbons (Fsp3) is 0.588. The molecule has 0 saturated carbocycles. The van der Waals surface area contributed by atoms with Gasteiger partial charge in [-0.1, -0.05) is 18.2 Å². The van der Waals surface area contributed by atoms with Gasteiger partial charge < -0.3 is 20.3 Å². The first-order chi connectivity index (χ1) is 11.9. The van der Waals surface area contributed by atoms with Crippen molar-refractivity contribution in [1.29, 1.82) is 0 Å². The van der Waals surface area contributed by atoms with Gasteiger partial charge in [-0.15, -0.1) is 25.6 Å². The molecule has 26 heavy (non-hydrogen) atoms. The first-order valence-corrected chi connectivity index (χ1v) is 8.47. The Bertz CT molecular complexity index is 552. The number of alkyl halides is 3. The molecule has 1 aromatic carbocycles. The quantitative estimate of drug-likeness (QED) is 0.663. The minimum atomic E-state index is -4.73. The molecule has 148 valence electrons. The first kappa shape index (κ1) is 22.5. The van der Waals surface area contributed by atoms with Crippen LogP contribution in [-0.2, 0) is 11.2 Å². The molecule has 1 fully saturated rings. The van der Waals surface area contributed by atoms with Crippen LogP contribution in [0.15, 0.2) is 24.3 Å². The van der Waals surface area contributed by atoms with Crippen LogP contribution in [0.5, 0.6) is 5.75 Å². The summed E-state index contributed by atoms with van der Waals surface area (Å²) in [6.07, 6.45) is -3.54. The van der Waals surface area contributed by atoms with Crippen molar-refractivity contribution in [3.05, 3.63) is 29.8 Å². The van der Waals surface area contributed by atoms with Gasteiger partial charge in [-0.05, 0) is 31.0 Å². The van der Waals surface area contributed by atoms with E-state index >= 15 is 0 Å². The molecule has 0 aliphatic carbocycles. The predicted molar refractivity (Wildman–Crippen MR) is 95.6 cm³/mol. The van der Waals surface area contributed by atoms with Crippen LogP contribution in [0.25, 0.3) is 0 Å². The summed E-state index contributed by atoms with van der Waals surface area (Å²) < 4.78 is 41.1. The molecule has 2 N–H and O–H groups in total. The molecule has 1 aliphatic heterocycles. The molecular formula is C17H25ClF3N3O2. The number of para-hydroxylation sites is 1. The van der Waals surface area contributed by atoms with E-state index in [2.05, 4.69) is 20.3 Å². The highest BCUT2D eigenvalue weighted by atomic mass is 35.5. The standard InChI is InChI=1S/C17H24F3N3O2.ClH/c18-17(19,20)25-15-5-2-1-4-14(15)6-7-16(24)22-8-3-11-23-12-9-21-10-13-23;/h1-2,4-5,21H,3,6-13H2,(H,22,24);1H. The van der Waals surface area contributed by atoms with Crippen LogP contribution in [0.4, 0.5) is 13.2 Å². The fourth-order valence-corrected chi connectivity index (χ4v) is 2.74. The Labute approximate surface area is 157 Å². The van der Waals surface area contributed by atoms with Crippen LogP contribution in [-0.4, -0.2) is 56.4 Å². The zero-order chi connectivity index (χ0) is 18.1. The van der Waals surface area contributed by atoms with Gasteiger partial charge in [0.05, 0.1) is 0 Å². The topological polar surface area (TPSA) is 53.6 Å². The second kappa shape index (κ2) is 11.3. The summed E-state index contributed by atoms with van der Waals surface area (Å²) >= 11 is 0. The Balaban J connectivity index is 0.00000338. The van der Waals surface area contributed by atoms with Gasteiger partial charge in [0.2, 0.25) is 5.91 Å². The van der Waals surface area contributed by atoms with E-state index in [0.29, 0.717) is 12.1 Å². The lowest BCUT2D eigenvalue weighted by Crippen LogP contribution is -2.44. The summed E-state index contributed by atoms with van der Waals surface area (Å²) in [5.41, 5.74) is 0.371. The molecule has 1 heterocycles. The molecule has 0 radical (unpaired) electrons. The maximum Gasteiger partial charge on any atom is 0.573 e. The normalized spacial score (nSPS) is 15.2. The van der Waals surface area contributed by atoms with Crippen LogP contribution in [0.3, 0.4) is 0 Å². The summed E-state index contributed by atoms with van der Waals surface area (Å²) in [4.78, 5) is 14.2. The zero-order valence-electron chi connectivity index (χ0n) is 14.5. The van der Waals surface area contributed by atoms with Gasteiger partial charge in [-0.2, -0.15) is 0 Å². The third kappa shape index (κ3) is 8.73. The van der Waals surface area contributed by atoms with Crippen molar-refractivity contribution in [3.63, 3.8) is 0 Å². The van der Waals surface area contributed by atoms with Crippen LogP contribution < -0.4 is 15.4 Å². The van der Waals surface area contributed by atoms with Crippen molar-refractivity contribution in [3.8, 4) is 5.75 Å². The molecule has 5 nitrogen and oxygen atoms in total. The Morgan fingerprint density at radius 2 is 1.92 bits per heavy atom. The lowest BCUT2D eigenvalue weighted by Gasteiger charge is -2.27. The predicted octanol–water partition coefficient (Wildman–Crippen LogP) is 2.35. The molecule has 0 unspecified atom stereocenters. The van der Waals surface area contributed by atoms with Crippen molar-refractivity contribution >= 4 is 18.3 Å². The van der Waals surface area contributed by atoms with Gasteiger partial charge >= 0.3 is 6.36 Å². The van der Waals surface area contributed by atoms with E-state index in [-0.39, 0.29) is 36.9 Å². The average molecular weight is 396 g/mol. The van der Waals surface area contributed by atoms with E-state index in [9.17, 15) is 18.0 Å². The molecule has 0 bridgehead atoms. The number of carbonyl (C=O) groups is 1. The number of piperazine rings is 1. The highest BCUT2D eigenvalue weighted by Gasteiger charge is 2.31. The second-order valence-electron chi connectivity index (χ2n) is 5.95. The number of rotatable bonds is 8. The largest absolute Gasteiger partial charge is 0.573 e. The van der Waals surface area contributed by atoms with Crippen molar-refractivity contribution in [2.75, 3.05) is 39.3 Å². The molecule has 2 rings (SSSR count). The van der Waals surface area contributed by atoms with Crippen molar-refractivity contribution in [1.82, 2.24) is 15.5 Å². The molecule has 1 aromatic rings. The summed E-state index contributed by atoms with van der Waals surface area (Å²) in [6, 6.07) is 5.90. The number of benzene rings is 1. The van der Waals surface area contributed by atoms with Crippen molar-refractivity contribution in [2.24, 2.45) is 0 Å². The smallest absolute Gasteiger partial charge is 0.406 e. The third-order valence-corrected chi connectivity index (χ3v) is 4.00. The molecule has 9 heteroatoms. The van der Waals surface area contributed by atoms with Gasteiger partial charge in [-0.3, -0.25) is 4.79 Å². The van der Waals surface area contributed by atoms with Gasteiger partial charge in [0.15, 0.2) is 0 Å². The van der Waals surface area contributed by atoms with Crippen LogP contribution in [0.1, 0.15) is 18.4 Å². The van der Waals surface area contributed by atoms with Crippen LogP contribution >= 0.6 is 12.4 Å². The van der Waals surface area contributed by atoms with E-state index in [1.807, 2.05) is 0 Å². The van der Waals surface area contributed by atoms with E-state index in [1.165, 1.54) is 12.1 Å². The molecule has 0 spiro atoms. The van der Waals surface area contributed by atoms with E-state index in [0.717, 1.165) is 39.1 Å². The van der Waals surface area contributed by atoms with Gasteiger partial charge in [0.25, 0.3) is 0 Å². The number of halogens is 4. The van der Waals surface area contributed by atoms with Crippen LogP contribution in [0, 0.1) is 0 Å². The minimum absolute atomic E-state index is 0. The Kier molecular flexibility index (Phi) is 9.75. The average Bonchev–Trinajstić information content (AvgIpc) is 2.57. The summed E-state index contributed by atoms with van der Waals surface area (Å²) in [5, 5.41) is 6.10. The van der Waals surface area contributed by atoms with E-state index < -0.39 is 6.36 Å².